The van der Waals surface area contributed by atoms with E-state index in [0.29, 0.717) is 11.5 Å². The lowest BCUT2D eigenvalue weighted by atomic mass is 9.81. The van der Waals surface area contributed by atoms with Crippen molar-refractivity contribution in [2.45, 2.75) is 44.1 Å². The fourth-order valence-corrected chi connectivity index (χ4v) is 3.26. The van der Waals surface area contributed by atoms with Crippen LogP contribution in [0, 0.1) is 0 Å². The molecule has 1 amide bonds. The Morgan fingerprint density at radius 2 is 2.09 bits per heavy atom. The van der Waals surface area contributed by atoms with E-state index < -0.39 is 5.91 Å². The quantitative estimate of drug-likeness (QED) is 0.903. The summed E-state index contributed by atoms with van der Waals surface area (Å²) in [5.41, 5.74) is 6.85. The molecule has 6 heteroatoms. The van der Waals surface area contributed by atoms with Gasteiger partial charge in [0.15, 0.2) is 18.1 Å². The molecular weight excluding hydrogens is 296 g/mol. The molecule has 1 aliphatic heterocycles. The number of amides is 1. The van der Waals surface area contributed by atoms with Gasteiger partial charge in [0.05, 0.1) is 12.8 Å². The van der Waals surface area contributed by atoms with E-state index in [1.54, 1.807) is 13.2 Å². The molecule has 1 saturated carbocycles. The first kappa shape index (κ1) is 15.6. The molecule has 1 fully saturated rings. The maximum Gasteiger partial charge on any atom is 0.255 e. The molecule has 3 rings (SSSR count). The van der Waals surface area contributed by atoms with Gasteiger partial charge >= 0.3 is 0 Å². The van der Waals surface area contributed by atoms with Crippen LogP contribution in [-0.4, -0.2) is 30.9 Å². The second kappa shape index (κ2) is 6.48. The van der Waals surface area contributed by atoms with Crippen molar-refractivity contribution in [3.63, 3.8) is 0 Å². The third-order valence-corrected chi connectivity index (χ3v) is 4.47. The largest absolute Gasteiger partial charge is 0.493 e. The van der Waals surface area contributed by atoms with E-state index in [1.807, 2.05) is 12.1 Å². The average Bonchev–Trinajstić information content (AvgIpc) is 2.96. The molecule has 0 aromatic heterocycles. The number of rotatable bonds is 5. The molecule has 0 atom stereocenters. The summed E-state index contributed by atoms with van der Waals surface area (Å²) in [6.07, 6.45) is 6.59. The Morgan fingerprint density at radius 1 is 1.30 bits per heavy atom. The van der Waals surface area contributed by atoms with Crippen molar-refractivity contribution >= 4 is 11.6 Å². The van der Waals surface area contributed by atoms with Crippen LogP contribution >= 0.6 is 0 Å². The van der Waals surface area contributed by atoms with Crippen LogP contribution in [0.3, 0.4) is 0 Å². The first-order valence-corrected chi connectivity index (χ1v) is 7.96. The average molecular weight is 318 g/mol. The van der Waals surface area contributed by atoms with Gasteiger partial charge in [0.25, 0.3) is 5.91 Å². The van der Waals surface area contributed by atoms with Crippen LogP contribution in [0.4, 0.5) is 0 Å². The molecule has 1 aromatic rings. The number of carbonyl (C=O) groups excluding carboxylic acids is 1. The minimum Gasteiger partial charge on any atom is -0.493 e. The van der Waals surface area contributed by atoms with E-state index >= 15 is 0 Å². The molecule has 1 heterocycles. The first-order chi connectivity index (χ1) is 11.1. The number of ether oxygens (including phenoxy) is 2. The molecular formula is C17H22N2O4. The molecule has 1 aliphatic carbocycles. The number of nitrogens with two attached hydrogens (primary N) is 1. The van der Waals surface area contributed by atoms with Gasteiger partial charge in [-0.2, -0.15) is 0 Å². The van der Waals surface area contributed by atoms with E-state index in [1.165, 1.54) is 19.3 Å². The maximum atomic E-state index is 10.9. The van der Waals surface area contributed by atoms with Gasteiger partial charge < -0.3 is 20.0 Å². The summed E-state index contributed by atoms with van der Waals surface area (Å²) in [7, 11) is 1.55. The van der Waals surface area contributed by atoms with Gasteiger partial charge in [0.1, 0.15) is 5.60 Å². The molecule has 1 spiro atoms. The van der Waals surface area contributed by atoms with Crippen LogP contribution in [0.2, 0.25) is 0 Å². The summed E-state index contributed by atoms with van der Waals surface area (Å²) >= 11 is 0. The third kappa shape index (κ3) is 3.41. The van der Waals surface area contributed by atoms with Crippen molar-refractivity contribution in [3.8, 4) is 11.5 Å². The Morgan fingerprint density at radius 3 is 2.78 bits per heavy atom. The topological polar surface area (TPSA) is 83.1 Å². The smallest absolute Gasteiger partial charge is 0.255 e. The summed E-state index contributed by atoms with van der Waals surface area (Å²) in [4.78, 5) is 16.7. The van der Waals surface area contributed by atoms with Crippen molar-refractivity contribution < 1.29 is 19.1 Å². The van der Waals surface area contributed by atoms with Crippen molar-refractivity contribution in [2.24, 2.45) is 10.9 Å². The molecule has 1 aromatic carbocycles. The normalized spacial score (nSPS) is 19.1. The number of hydrogen-bond acceptors (Lipinski definition) is 5. The monoisotopic (exact) mass is 318 g/mol. The highest BCUT2D eigenvalue weighted by molar-refractivity contribution is 6.02. The fraction of sp³-hybridized carbons (Fsp3) is 0.529. The molecule has 0 saturated heterocycles. The van der Waals surface area contributed by atoms with E-state index in [-0.39, 0.29) is 12.2 Å². The molecule has 2 aliphatic rings. The van der Waals surface area contributed by atoms with Crippen LogP contribution in [0.5, 0.6) is 11.5 Å². The molecule has 0 unspecified atom stereocenters. The van der Waals surface area contributed by atoms with Gasteiger partial charge in [-0.1, -0.05) is 11.6 Å². The minimum absolute atomic E-state index is 0.123. The van der Waals surface area contributed by atoms with E-state index in [0.717, 1.165) is 30.5 Å². The maximum absolute atomic E-state index is 10.9. The van der Waals surface area contributed by atoms with Gasteiger partial charge in [-0.3, -0.25) is 4.79 Å². The number of nitrogens with zero attached hydrogens (tertiary/aromatic N) is 1. The zero-order valence-corrected chi connectivity index (χ0v) is 13.3. The molecule has 2 N–H and O–H groups in total. The van der Waals surface area contributed by atoms with Crippen LogP contribution in [0.15, 0.2) is 23.4 Å². The van der Waals surface area contributed by atoms with Gasteiger partial charge in [0, 0.05) is 12.0 Å². The number of oxime groups is 1. The summed E-state index contributed by atoms with van der Waals surface area (Å²) < 4.78 is 10.7. The van der Waals surface area contributed by atoms with Crippen molar-refractivity contribution in [2.75, 3.05) is 13.7 Å². The van der Waals surface area contributed by atoms with Crippen LogP contribution in [0.25, 0.3) is 0 Å². The Hall–Kier alpha value is -2.24. The Bertz CT molecular complexity index is 621. The molecule has 0 bridgehead atoms. The van der Waals surface area contributed by atoms with Gasteiger partial charge in [-0.05, 0) is 43.9 Å². The van der Waals surface area contributed by atoms with Crippen LogP contribution in [-0.2, 0) is 9.63 Å². The standard InChI is InChI=1S/C17H22N2O4/c1-21-14-6-5-12(9-15(14)22-11-16(18)20)13-10-17(23-19-13)7-3-2-4-8-17/h5-6,9H,2-4,7-8,10-11H2,1H3,(H2,18,20). The lowest BCUT2D eigenvalue weighted by molar-refractivity contribution is -0.119. The van der Waals surface area contributed by atoms with Crippen molar-refractivity contribution in [1.82, 2.24) is 0 Å². The minimum atomic E-state index is -0.528. The number of methoxy groups -OCH3 is 1. The zero-order chi connectivity index (χ0) is 16.3. The van der Waals surface area contributed by atoms with Crippen LogP contribution < -0.4 is 15.2 Å². The summed E-state index contributed by atoms with van der Waals surface area (Å²) in [5.74, 6) is 0.512. The third-order valence-electron chi connectivity index (χ3n) is 4.47. The summed E-state index contributed by atoms with van der Waals surface area (Å²) in [6.45, 7) is -0.188. The molecule has 23 heavy (non-hydrogen) atoms. The predicted octanol–water partition coefficient (Wildman–Crippen LogP) is 2.39. The van der Waals surface area contributed by atoms with E-state index in [2.05, 4.69) is 5.16 Å². The Balaban J connectivity index is 1.77. The van der Waals surface area contributed by atoms with Gasteiger partial charge in [0.2, 0.25) is 0 Å². The molecule has 6 nitrogen and oxygen atoms in total. The second-order valence-electron chi connectivity index (χ2n) is 6.17. The first-order valence-electron chi connectivity index (χ1n) is 7.96. The SMILES string of the molecule is COc1ccc(C2=NOC3(CCCCC3)C2)cc1OCC(N)=O. The number of benzene rings is 1. The highest BCUT2D eigenvalue weighted by Crippen LogP contribution is 2.40. The Kier molecular flexibility index (Phi) is 4.41. The van der Waals surface area contributed by atoms with E-state index in [9.17, 15) is 4.79 Å². The number of carbonyl (C=O) groups is 1. The summed E-state index contributed by atoms with van der Waals surface area (Å²) in [5, 5.41) is 4.30. The van der Waals surface area contributed by atoms with E-state index in [4.69, 9.17) is 20.0 Å². The predicted molar refractivity (Wildman–Crippen MR) is 85.7 cm³/mol. The second-order valence-corrected chi connectivity index (χ2v) is 6.17. The highest BCUT2D eigenvalue weighted by atomic mass is 16.7. The molecule has 0 radical (unpaired) electrons. The summed E-state index contributed by atoms with van der Waals surface area (Å²) in [6, 6.07) is 5.56. The Labute approximate surface area is 135 Å². The highest BCUT2D eigenvalue weighted by Gasteiger charge is 2.40. The lowest BCUT2D eigenvalue weighted by Crippen LogP contribution is -2.31. The van der Waals surface area contributed by atoms with Crippen molar-refractivity contribution in [3.05, 3.63) is 23.8 Å². The molecule has 124 valence electrons. The number of primary amides is 1. The van der Waals surface area contributed by atoms with Gasteiger partial charge in [-0.25, -0.2) is 0 Å². The lowest BCUT2D eigenvalue weighted by Gasteiger charge is -2.30. The fourth-order valence-electron chi connectivity index (χ4n) is 3.26. The van der Waals surface area contributed by atoms with Crippen LogP contribution in [0.1, 0.15) is 44.1 Å². The zero-order valence-electron chi connectivity index (χ0n) is 13.3. The van der Waals surface area contributed by atoms with Crippen molar-refractivity contribution in [1.29, 1.82) is 0 Å². The van der Waals surface area contributed by atoms with Gasteiger partial charge in [-0.15, -0.1) is 0 Å². The number of hydrogen-bond donors (Lipinski definition) is 1.